The zero-order chi connectivity index (χ0) is 14.8. The highest BCUT2D eigenvalue weighted by molar-refractivity contribution is 7.07. The Morgan fingerprint density at radius 2 is 1.95 bits per heavy atom. The third-order valence-electron chi connectivity index (χ3n) is 3.86. The average Bonchev–Trinajstić information content (AvgIpc) is 3.03. The molecule has 1 aromatic carbocycles. The Kier molecular flexibility index (Phi) is 4.17. The molecule has 1 saturated heterocycles. The lowest BCUT2D eigenvalue weighted by atomic mass is 10.1. The summed E-state index contributed by atoms with van der Waals surface area (Å²) in [5.74, 6) is -0.840. The van der Waals surface area contributed by atoms with Crippen LogP contribution < -0.4 is 4.90 Å². The van der Waals surface area contributed by atoms with Crippen molar-refractivity contribution in [3.05, 3.63) is 34.7 Å². The molecule has 2 heterocycles. The van der Waals surface area contributed by atoms with Gasteiger partial charge in [-0.25, -0.2) is 13.8 Å². The van der Waals surface area contributed by atoms with E-state index in [9.17, 15) is 8.78 Å². The zero-order valence-electron chi connectivity index (χ0n) is 11.8. The molecule has 0 saturated carbocycles. The number of anilines is 1. The quantitative estimate of drug-likeness (QED) is 0.869. The molecule has 1 radical (unpaired) electrons. The van der Waals surface area contributed by atoms with E-state index in [1.807, 2.05) is 4.90 Å². The number of rotatable bonds is 3. The van der Waals surface area contributed by atoms with E-state index in [-0.39, 0.29) is 5.56 Å². The standard InChI is InChI=1S/C15H16F2N3S/c1-2-19-3-5-20(6-4-19)15-8-12(16)11(7-13(15)17)14-9-21-10-18-14/h7-9H,2-6H2,1H3. The minimum atomic E-state index is -0.441. The van der Waals surface area contributed by atoms with E-state index in [1.165, 1.54) is 23.5 Å². The van der Waals surface area contributed by atoms with Crippen LogP contribution in [0.15, 0.2) is 17.5 Å². The molecular formula is C15H16F2N3S. The van der Waals surface area contributed by atoms with Gasteiger partial charge in [0.2, 0.25) is 0 Å². The van der Waals surface area contributed by atoms with E-state index in [0.29, 0.717) is 24.5 Å². The van der Waals surface area contributed by atoms with Crippen molar-refractivity contribution in [1.29, 1.82) is 0 Å². The lowest BCUT2D eigenvalue weighted by molar-refractivity contribution is 0.270. The molecule has 3 rings (SSSR count). The monoisotopic (exact) mass is 308 g/mol. The summed E-state index contributed by atoms with van der Waals surface area (Å²) < 4.78 is 28.6. The predicted molar refractivity (Wildman–Crippen MR) is 80.6 cm³/mol. The maximum Gasteiger partial charge on any atom is 0.152 e. The van der Waals surface area contributed by atoms with Crippen molar-refractivity contribution in [3.63, 3.8) is 0 Å². The van der Waals surface area contributed by atoms with Gasteiger partial charge in [-0.2, -0.15) is 0 Å². The molecule has 3 nitrogen and oxygen atoms in total. The first-order valence-corrected chi connectivity index (χ1v) is 7.85. The highest BCUT2D eigenvalue weighted by Gasteiger charge is 2.21. The Morgan fingerprint density at radius 1 is 1.19 bits per heavy atom. The lowest BCUT2D eigenvalue weighted by Crippen LogP contribution is -2.46. The fraction of sp³-hybridized carbons (Fsp3) is 0.400. The first-order valence-electron chi connectivity index (χ1n) is 6.97. The van der Waals surface area contributed by atoms with E-state index in [1.54, 1.807) is 5.38 Å². The predicted octanol–water partition coefficient (Wildman–Crippen LogP) is 3.03. The van der Waals surface area contributed by atoms with E-state index in [4.69, 9.17) is 0 Å². The normalized spacial score (nSPS) is 16.4. The van der Waals surface area contributed by atoms with Gasteiger partial charge in [0, 0.05) is 43.2 Å². The topological polar surface area (TPSA) is 19.4 Å². The second-order valence-electron chi connectivity index (χ2n) is 5.03. The first kappa shape index (κ1) is 14.4. The van der Waals surface area contributed by atoms with Crippen molar-refractivity contribution in [2.45, 2.75) is 6.92 Å². The molecule has 1 aliphatic rings. The Hall–Kier alpha value is -1.53. The number of piperazine rings is 1. The number of hydrogen-bond donors (Lipinski definition) is 0. The molecule has 0 bridgehead atoms. The summed E-state index contributed by atoms with van der Waals surface area (Å²) in [5, 5.41) is 1.66. The molecule has 0 amide bonds. The van der Waals surface area contributed by atoms with Crippen LogP contribution in [0.3, 0.4) is 0 Å². The van der Waals surface area contributed by atoms with Gasteiger partial charge in [-0.3, -0.25) is 0 Å². The van der Waals surface area contributed by atoms with Crippen molar-refractivity contribution < 1.29 is 8.78 Å². The fourth-order valence-electron chi connectivity index (χ4n) is 2.59. The molecule has 0 aliphatic carbocycles. The zero-order valence-corrected chi connectivity index (χ0v) is 12.6. The van der Waals surface area contributed by atoms with Crippen LogP contribution in [-0.2, 0) is 0 Å². The second-order valence-corrected chi connectivity index (χ2v) is 5.68. The van der Waals surface area contributed by atoms with Gasteiger partial charge in [0.15, 0.2) is 5.51 Å². The van der Waals surface area contributed by atoms with Crippen molar-refractivity contribution >= 4 is 17.0 Å². The van der Waals surface area contributed by atoms with Crippen LogP contribution in [-0.4, -0.2) is 42.6 Å². The highest BCUT2D eigenvalue weighted by Crippen LogP contribution is 2.30. The molecule has 111 valence electrons. The smallest absolute Gasteiger partial charge is 0.152 e. The summed E-state index contributed by atoms with van der Waals surface area (Å²) >= 11 is 1.24. The molecule has 1 aliphatic heterocycles. The van der Waals surface area contributed by atoms with Gasteiger partial charge in [0.1, 0.15) is 11.6 Å². The summed E-state index contributed by atoms with van der Waals surface area (Å²) in [6.07, 6.45) is 0. The minimum absolute atomic E-state index is 0.195. The molecule has 1 fully saturated rings. The Morgan fingerprint density at radius 3 is 2.57 bits per heavy atom. The fourth-order valence-corrected chi connectivity index (χ4v) is 3.08. The average molecular weight is 308 g/mol. The molecule has 0 N–H and O–H groups in total. The Labute approximate surface area is 126 Å². The number of thiazole rings is 1. The van der Waals surface area contributed by atoms with E-state index in [0.717, 1.165) is 19.6 Å². The summed E-state index contributed by atoms with van der Waals surface area (Å²) in [5.41, 5.74) is 3.61. The van der Waals surface area contributed by atoms with Gasteiger partial charge in [0.05, 0.1) is 11.4 Å². The number of halogens is 2. The number of likely N-dealkylation sites (N-methyl/N-ethyl adjacent to an activating group) is 1. The number of nitrogens with zero attached hydrogens (tertiary/aromatic N) is 3. The van der Waals surface area contributed by atoms with Gasteiger partial charge in [-0.05, 0) is 12.6 Å². The van der Waals surface area contributed by atoms with Gasteiger partial charge in [0.25, 0.3) is 0 Å². The molecule has 1 aromatic heterocycles. The summed E-state index contributed by atoms with van der Waals surface area (Å²) in [4.78, 5) is 8.12. The van der Waals surface area contributed by atoms with Crippen LogP contribution in [0.5, 0.6) is 0 Å². The summed E-state index contributed by atoms with van der Waals surface area (Å²) in [7, 11) is 0. The van der Waals surface area contributed by atoms with E-state index in [2.05, 4.69) is 22.3 Å². The van der Waals surface area contributed by atoms with Gasteiger partial charge in [-0.15, -0.1) is 11.3 Å². The largest absolute Gasteiger partial charge is 0.367 e. The Bertz CT molecular complexity index is 608. The molecular weight excluding hydrogens is 292 g/mol. The first-order chi connectivity index (χ1) is 10.2. The Balaban J connectivity index is 1.86. The van der Waals surface area contributed by atoms with Crippen LogP contribution in [0.2, 0.25) is 0 Å². The molecule has 21 heavy (non-hydrogen) atoms. The summed E-state index contributed by atoms with van der Waals surface area (Å²) in [6.45, 7) is 6.28. The number of aromatic nitrogens is 1. The maximum absolute atomic E-state index is 14.3. The van der Waals surface area contributed by atoms with Crippen LogP contribution in [0, 0.1) is 17.1 Å². The molecule has 0 atom stereocenters. The second kappa shape index (κ2) is 6.07. The van der Waals surface area contributed by atoms with Crippen LogP contribution in [0.25, 0.3) is 11.3 Å². The van der Waals surface area contributed by atoms with Crippen molar-refractivity contribution in [1.82, 2.24) is 9.88 Å². The third kappa shape index (κ3) is 2.91. The molecule has 0 unspecified atom stereocenters. The van der Waals surface area contributed by atoms with Crippen molar-refractivity contribution in [2.75, 3.05) is 37.6 Å². The minimum Gasteiger partial charge on any atom is -0.367 e. The van der Waals surface area contributed by atoms with E-state index >= 15 is 0 Å². The lowest BCUT2D eigenvalue weighted by Gasteiger charge is -2.35. The SMILES string of the molecule is CCN1CCN(c2cc(F)c(-c3cs[c]n3)cc2F)CC1. The molecule has 2 aromatic rings. The number of benzene rings is 1. The van der Waals surface area contributed by atoms with E-state index < -0.39 is 11.6 Å². The van der Waals surface area contributed by atoms with Gasteiger partial charge in [-0.1, -0.05) is 6.92 Å². The molecule has 6 heteroatoms. The third-order valence-corrected chi connectivity index (χ3v) is 4.40. The van der Waals surface area contributed by atoms with Crippen LogP contribution in [0.4, 0.5) is 14.5 Å². The highest BCUT2D eigenvalue weighted by atomic mass is 32.1. The van der Waals surface area contributed by atoms with Crippen LogP contribution >= 0.6 is 11.3 Å². The summed E-state index contributed by atoms with van der Waals surface area (Å²) in [6, 6.07) is 2.52. The molecule has 0 spiro atoms. The van der Waals surface area contributed by atoms with Gasteiger partial charge < -0.3 is 9.80 Å². The van der Waals surface area contributed by atoms with Gasteiger partial charge >= 0.3 is 0 Å². The number of hydrogen-bond acceptors (Lipinski definition) is 4. The van der Waals surface area contributed by atoms with Crippen molar-refractivity contribution in [3.8, 4) is 11.3 Å². The maximum atomic E-state index is 14.3. The van der Waals surface area contributed by atoms with Crippen molar-refractivity contribution in [2.24, 2.45) is 0 Å². The van der Waals surface area contributed by atoms with Crippen LogP contribution in [0.1, 0.15) is 6.92 Å².